The fourth-order valence-corrected chi connectivity index (χ4v) is 4.50. The van der Waals surface area contributed by atoms with Crippen molar-refractivity contribution in [1.29, 1.82) is 0 Å². The number of amides is 1. The van der Waals surface area contributed by atoms with E-state index in [1.807, 2.05) is 30.9 Å². The molecule has 3 aliphatic heterocycles. The Hall–Kier alpha value is -1.92. The third-order valence-corrected chi connectivity index (χ3v) is 6.13. The van der Waals surface area contributed by atoms with Crippen molar-refractivity contribution in [1.82, 2.24) is 4.90 Å². The zero-order valence-corrected chi connectivity index (χ0v) is 16.7. The maximum atomic E-state index is 13.4. The number of carbonyl (C=O) groups is 2. The number of hydrogen-bond acceptors (Lipinski definition) is 5. The average Bonchev–Trinajstić information content (AvgIpc) is 3.19. The molecule has 2 atom stereocenters. The minimum atomic E-state index is -0.863. The van der Waals surface area contributed by atoms with Gasteiger partial charge in [-0.25, -0.2) is 4.79 Å². The first-order valence-electron chi connectivity index (χ1n) is 10.3. The predicted molar refractivity (Wildman–Crippen MR) is 103 cm³/mol. The highest BCUT2D eigenvalue weighted by Gasteiger charge is 2.47. The largest absolute Gasteiger partial charge is 0.455 e. The van der Waals surface area contributed by atoms with Gasteiger partial charge in [-0.15, -0.1) is 0 Å². The maximum Gasteiger partial charge on any atom is 0.338 e. The first-order valence-corrected chi connectivity index (χ1v) is 10.3. The highest BCUT2D eigenvalue weighted by Crippen LogP contribution is 2.40. The number of benzene rings is 1. The van der Waals surface area contributed by atoms with Crippen molar-refractivity contribution in [3.63, 3.8) is 0 Å². The number of likely N-dealkylation sites (tertiary alicyclic amines) is 1. The number of ether oxygens (including phenoxy) is 3. The SMILES string of the molecule is CC1(C)OC(=O)c2ccccc2C1C(=O)N1CCC(OCC2CCOC2)CC1. The minimum absolute atomic E-state index is 0.0348. The summed E-state index contributed by atoms with van der Waals surface area (Å²) in [6.45, 7) is 7.38. The zero-order valence-electron chi connectivity index (χ0n) is 16.7. The van der Waals surface area contributed by atoms with Crippen LogP contribution in [-0.2, 0) is 19.0 Å². The molecular weight excluding hydrogens is 358 g/mol. The summed E-state index contributed by atoms with van der Waals surface area (Å²) in [5.74, 6) is -0.288. The van der Waals surface area contributed by atoms with Crippen LogP contribution in [0.3, 0.4) is 0 Å². The summed E-state index contributed by atoms with van der Waals surface area (Å²) in [5, 5.41) is 0. The molecule has 2 fully saturated rings. The van der Waals surface area contributed by atoms with Crippen molar-refractivity contribution in [2.75, 3.05) is 32.9 Å². The topological polar surface area (TPSA) is 65.1 Å². The van der Waals surface area contributed by atoms with Crippen molar-refractivity contribution in [2.24, 2.45) is 5.92 Å². The molecule has 3 aliphatic rings. The van der Waals surface area contributed by atoms with Gasteiger partial charge in [0.15, 0.2) is 0 Å². The smallest absolute Gasteiger partial charge is 0.338 e. The van der Waals surface area contributed by atoms with E-state index in [1.165, 1.54) is 0 Å². The van der Waals surface area contributed by atoms with Gasteiger partial charge >= 0.3 is 5.97 Å². The first-order chi connectivity index (χ1) is 13.5. The summed E-state index contributed by atoms with van der Waals surface area (Å²) in [7, 11) is 0. The maximum absolute atomic E-state index is 13.4. The Balaban J connectivity index is 1.40. The van der Waals surface area contributed by atoms with Gasteiger partial charge in [0.05, 0.1) is 24.9 Å². The van der Waals surface area contributed by atoms with Gasteiger partial charge in [0.1, 0.15) is 11.5 Å². The number of fused-ring (bicyclic) bond motifs is 1. The van der Waals surface area contributed by atoms with E-state index in [2.05, 4.69) is 0 Å². The highest BCUT2D eigenvalue weighted by atomic mass is 16.6. The summed E-state index contributed by atoms with van der Waals surface area (Å²) in [6, 6.07) is 7.29. The lowest BCUT2D eigenvalue weighted by Crippen LogP contribution is -2.51. The van der Waals surface area contributed by atoms with Crippen LogP contribution in [0, 0.1) is 5.92 Å². The molecule has 0 bridgehead atoms. The Kier molecular flexibility index (Phi) is 5.43. The molecule has 0 saturated carbocycles. The van der Waals surface area contributed by atoms with E-state index in [9.17, 15) is 9.59 Å². The number of cyclic esters (lactones) is 1. The second-order valence-electron chi connectivity index (χ2n) is 8.60. The monoisotopic (exact) mass is 387 g/mol. The van der Waals surface area contributed by atoms with E-state index < -0.39 is 11.5 Å². The van der Waals surface area contributed by atoms with E-state index in [1.54, 1.807) is 12.1 Å². The molecule has 2 unspecified atom stereocenters. The third-order valence-electron chi connectivity index (χ3n) is 6.13. The van der Waals surface area contributed by atoms with Crippen LogP contribution in [0.15, 0.2) is 24.3 Å². The number of piperidine rings is 1. The number of nitrogens with zero attached hydrogens (tertiary/aromatic N) is 1. The van der Waals surface area contributed by atoms with Gasteiger partial charge in [-0.05, 0) is 44.7 Å². The third kappa shape index (κ3) is 3.80. The molecule has 0 spiro atoms. The molecule has 6 heteroatoms. The Labute approximate surface area is 166 Å². The van der Waals surface area contributed by atoms with Crippen molar-refractivity contribution in [2.45, 2.75) is 50.7 Å². The van der Waals surface area contributed by atoms with Gasteiger partial charge in [0, 0.05) is 25.6 Å². The van der Waals surface area contributed by atoms with Gasteiger partial charge < -0.3 is 19.1 Å². The van der Waals surface area contributed by atoms with Crippen molar-refractivity contribution in [3.8, 4) is 0 Å². The van der Waals surface area contributed by atoms with Crippen LogP contribution in [0.2, 0.25) is 0 Å². The second-order valence-corrected chi connectivity index (χ2v) is 8.60. The molecule has 0 radical (unpaired) electrons. The predicted octanol–water partition coefficient (Wildman–Crippen LogP) is 2.76. The average molecular weight is 387 g/mol. The Morgan fingerprint density at radius 3 is 2.68 bits per heavy atom. The Bertz CT molecular complexity index is 732. The lowest BCUT2D eigenvalue weighted by Gasteiger charge is -2.42. The Morgan fingerprint density at radius 2 is 1.96 bits per heavy atom. The first kappa shape index (κ1) is 19.4. The minimum Gasteiger partial charge on any atom is -0.455 e. The van der Waals surface area contributed by atoms with Crippen LogP contribution in [-0.4, -0.2) is 61.4 Å². The molecule has 2 saturated heterocycles. The van der Waals surface area contributed by atoms with Gasteiger partial charge in [-0.2, -0.15) is 0 Å². The standard InChI is InChI=1S/C22H29NO5/c1-22(2)19(17-5-3-4-6-18(17)21(25)28-22)20(24)23-10-7-16(8-11-23)27-14-15-9-12-26-13-15/h3-6,15-16,19H,7-14H2,1-2H3. The van der Waals surface area contributed by atoms with Crippen LogP contribution in [0.1, 0.15) is 54.9 Å². The van der Waals surface area contributed by atoms with Crippen molar-refractivity contribution in [3.05, 3.63) is 35.4 Å². The van der Waals surface area contributed by atoms with E-state index >= 15 is 0 Å². The zero-order chi connectivity index (χ0) is 19.7. The number of rotatable bonds is 4. The summed E-state index contributed by atoms with van der Waals surface area (Å²) < 4.78 is 17.1. The molecule has 4 rings (SSSR count). The molecule has 0 N–H and O–H groups in total. The van der Waals surface area contributed by atoms with Gasteiger partial charge in [0.25, 0.3) is 0 Å². The summed E-state index contributed by atoms with van der Waals surface area (Å²) in [5.41, 5.74) is 0.406. The quantitative estimate of drug-likeness (QED) is 0.744. The van der Waals surface area contributed by atoms with Crippen LogP contribution in [0.5, 0.6) is 0 Å². The number of hydrogen-bond donors (Lipinski definition) is 0. The van der Waals surface area contributed by atoms with E-state index in [0.717, 1.165) is 44.6 Å². The van der Waals surface area contributed by atoms with Crippen molar-refractivity contribution >= 4 is 11.9 Å². The summed E-state index contributed by atoms with van der Waals surface area (Å²) in [4.78, 5) is 27.6. The molecule has 1 amide bonds. The molecule has 6 nitrogen and oxygen atoms in total. The van der Waals surface area contributed by atoms with Crippen molar-refractivity contribution < 1.29 is 23.8 Å². The fraction of sp³-hybridized carbons (Fsp3) is 0.636. The Morgan fingerprint density at radius 1 is 1.21 bits per heavy atom. The van der Waals surface area contributed by atoms with Crippen LogP contribution >= 0.6 is 0 Å². The van der Waals surface area contributed by atoms with Crippen LogP contribution in [0.4, 0.5) is 0 Å². The molecule has 0 aromatic heterocycles. The van der Waals surface area contributed by atoms with Crippen LogP contribution in [0.25, 0.3) is 0 Å². The summed E-state index contributed by atoms with van der Waals surface area (Å²) >= 11 is 0. The number of esters is 1. The number of carbonyl (C=O) groups excluding carboxylic acids is 2. The van der Waals surface area contributed by atoms with Gasteiger partial charge in [-0.3, -0.25) is 4.79 Å². The molecule has 0 aliphatic carbocycles. The molecule has 1 aromatic rings. The van der Waals surface area contributed by atoms with Gasteiger partial charge in [0.2, 0.25) is 5.91 Å². The molecular formula is C22H29NO5. The lowest BCUT2D eigenvalue weighted by molar-refractivity contribution is -0.142. The fourth-order valence-electron chi connectivity index (χ4n) is 4.50. The molecule has 1 aromatic carbocycles. The molecule has 3 heterocycles. The van der Waals surface area contributed by atoms with E-state index in [0.29, 0.717) is 24.6 Å². The molecule has 28 heavy (non-hydrogen) atoms. The normalized spacial score (nSPS) is 27.4. The van der Waals surface area contributed by atoms with E-state index in [4.69, 9.17) is 14.2 Å². The van der Waals surface area contributed by atoms with Crippen LogP contribution < -0.4 is 0 Å². The molecule has 152 valence electrons. The summed E-state index contributed by atoms with van der Waals surface area (Å²) in [6.07, 6.45) is 2.96. The van der Waals surface area contributed by atoms with Gasteiger partial charge in [-0.1, -0.05) is 18.2 Å². The lowest BCUT2D eigenvalue weighted by atomic mass is 9.78. The highest BCUT2D eigenvalue weighted by molar-refractivity contribution is 5.97. The van der Waals surface area contributed by atoms with E-state index in [-0.39, 0.29) is 18.0 Å². The second kappa shape index (κ2) is 7.84.